The highest BCUT2D eigenvalue weighted by atomic mass is 16.3. The molecule has 1 saturated heterocycles. The predicted molar refractivity (Wildman–Crippen MR) is 89.0 cm³/mol. The molecule has 0 saturated carbocycles. The molecule has 2 aromatic rings. The number of nitrogens with one attached hydrogen (secondary N) is 1. The molecule has 2 unspecified atom stereocenters. The second kappa shape index (κ2) is 6.65. The first-order chi connectivity index (χ1) is 10.7. The highest BCUT2D eigenvalue weighted by molar-refractivity contribution is 5.88. The Morgan fingerprint density at radius 2 is 1.86 bits per heavy atom. The van der Waals surface area contributed by atoms with Gasteiger partial charge in [0, 0.05) is 38.3 Å². The molecule has 0 spiro atoms. The van der Waals surface area contributed by atoms with Crippen LogP contribution in [0.3, 0.4) is 0 Å². The third-order valence-corrected chi connectivity index (χ3v) is 4.54. The number of phenols is 1. The Balaban J connectivity index is 1.84. The first-order valence-electron chi connectivity index (χ1n) is 7.98. The monoisotopic (exact) mass is 300 g/mol. The molecule has 1 aliphatic rings. The van der Waals surface area contributed by atoms with Crippen molar-refractivity contribution in [3.63, 3.8) is 0 Å². The smallest absolute Gasteiger partial charge is 0.122 e. The van der Waals surface area contributed by atoms with E-state index in [0.717, 1.165) is 43.5 Å². The molecule has 3 rings (SSSR count). The van der Waals surface area contributed by atoms with E-state index < -0.39 is 6.10 Å². The average Bonchev–Trinajstić information content (AvgIpc) is 2.55. The van der Waals surface area contributed by atoms with E-state index in [0.29, 0.717) is 5.56 Å². The lowest BCUT2D eigenvalue weighted by atomic mass is 9.91. The summed E-state index contributed by atoms with van der Waals surface area (Å²) in [6.07, 6.45) is -0.666. The molecule has 0 aliphatic carbocycles. The number of aliphatic hydroxyl groups is 1. The van der Waals surface area contributed by atoms with Gasteiger partial charge in [0.25, 0.3) is 0 Å². The summed E-state index contributed by atoms with van der Waals surface area (Å²) in [4.78, 5) is 2.37. The molecule has 0 radical (unpaired) electrons. The van der Waals surface area contributed by atoms with Crippen LogP contribution in [0.25, 0.3) is 10.8 Å². The maximum absolute atomic E-state index is 10.8. The number of rotatable bonds is 4. The second-order valence-electron chi connectivity index (χ2n) is 6.19. The van der Waals surface area contributed by atoms with Crippen LogP contribution in [-0.4, -0.2) is 47.8 Å². The fourth-order valence-corrected chi connectivity index (χ4v) is 3.28. The highest BCUT2D eigenvalue weighted by Gasteiger charge is 2.24. The van der Waals surface area contributed by atoms with Gasteiger partial charge < -0.3 is 20.4 Å². The van der Waals surface area contributed by atoms with Crippen LogP contribution < -0.4 is 5.32 Å². The van der Waals surface area contributed by atoms with E-state index in [9.17, 15) is 10.2 Å². The normalized spacial score (nSPS) is 19.2. The standard InChI is InChI=1S/C18H24N2O2/c1-13(12-20-10-8-19-9-11-20)18(22)17-15-5-3-2-4-14(15)6-7-16(17)21/h2-7,13,18-19,21-22H,8-12H2,1H3. The lowest BCUT2D eigenvalue weighted by molar-refractivity contribution is 0.0834. The van der Waals surface area contributed by atoms with Crippen molar-refractivity contribution < 1.29 is 10.2 Å². The van der Waals surface area contributed by atoms with Crippen molar-refractivity contribution in [3.8, 4) is 5.75 Å². The minimum absolute atomic E-state index is 0.0646. The summed E-state index contributed by atoms with van der Waals surface area (Å²) in [7, 11) is 0. The van der Waals surface area contributed by atoms with Crippen LogP contribution in [0.4, 0.5) is 0 Å². The van der Waals surface area contributed by atoms with Crippen LogP contribution in [0.5, 0.6) is 5.75 Å². The molecule has 2 atom stereocenters. The third-order valence-electron chi connectivity index (χ3n) is 4.54. The van der Waals surface area contributed by atoms with E-state index in [4.69, 9.17) is 0 Å². The van der Waals surface area contributed by atoms with Gasteiger partial charge >= 0.3 is 0 Å². The SMILES string of the molecule is CC(CN1CCNCC1)C(O)c1c(O)ccc2ccccc12. The summed E-state index contributed by atoms with van der Waals surface area (Å²) in [5.74, 6) is 0.244. The van der Waals surface area contributed by atoms with Crippen molar-refractivity contribution in [2.75, 3.05) is 32.7 Å². The molecule has 0 bridgehead atoms. The largest absolute Gasteiger partial charge is 0.508 e. The van der Waals surface area contributed by atoms with Gasteiger partial charge in [-0.15, -0.1) is 0 Å². The molecular weight excluding hydrogens is 276 g/mol. The van der Waals surface area contributed by atoms with Gasteiger partial charge in [0.05, 0.1) is 6.10 Å². The topological polar surface area (TPSA) is 55.7 Å². The molecule has 118 valence electrons. The molecule has 0 aromatic heterocycles. The zero-order valence-electron chi connectivity index (χ0n) is 13.0. The summed E-state index contributed by atoms with van der Waals surface area (Å²) >= 11 is 0. The molecular formula is C18H24N2O2. The molecule has 1 fully saturated rings. The lowest BCUT2D eigenvalue weighted by Crippen LogP contribution is -2.45. The van der Waals surface area contributed by atoms with Crippen molar-refractivity contribution in [2.24, 2.45) is 5.92 Å². The van der Waals surface area contributed by atoms with Crippen LogP contribution in [0.2, 0.25) is 0 Å². The number of piperazine rings is 1. The zero-order chi connectivity index (χ0) is 15.5. The number of aliphatic hydroxyl groups excluding tert-OH is 1. The van der Waals surface area contributed by atoms with Crippen molar-refractivity contribution in [2.45, 2.75) is 13.0 Å². The number of aromatic hydroxyl groups is 1. The van der Waals surface area contributed by atoms with E-state index in [1.165, 1.54) is 0 Å². The van der Waals surface area contributed by atoms with Gasteiger partial charge in [0.2, 0.25) is 0 Å². The lowest BCUT2D eigenvalue weighted by Gasteiger charge is -2.31. The number of phenolic OH excluding ortho intramolecular Hbond substituents is 1. The minimum atomic E-state index is -0.666. The van der Waals surface area contributed by atoms with Crippen molar-refractivity contribution in [1.82, 2.24) is 10.2 Å². The Morgan fingerprint density at radius 3 is 2.64 bits per heavy atom. The Hall–Kier alpha value is -1.62. The van der Waals surface area contributed by atoms with Gasteiger partial charge in [-0.2, -0.15) is 0 Å². The van der Waals surface area contributed by atoms with Gasteiger partial charge in [-0.05, 0) is 22.8 Å². The van der Waals surface area contributed by atoms with Crippen molar-refractivity contribution in [3.05, 3.63) is 42.0 Å². The first-order valence-corrected chi connectivity index (χ1v) is 7.98. The fraction of sp³-hybridized carbons (Fsp3) is 0.444. The van der Waals surface area contributed by atoms with E-state index in [2.05, 4.69) is 10.2 Å². The van der Waals surface area contributed by atoms with Gasteiger partial charge in [-0.3, -0.25) is 0 Å². The maximum atomic E-state index is 10.8. The van der Waals surface area contributed by atoms with Crippen LogP contribution in [0.1, 0.15) is 18.6 Å². The Kier molecular flexibility index (Phi) is 4.62. The van der Waals surface area contributed by atoms with Gasteiger partial charge in [0.1, 0.15) is 5.75 Å². The Morgan fingerprint density at radius 1 is 1.14 bits per heavy atom. The number of fused-ring (bicyclic) bond motifs is 1. The predicted octanol–water partition coefficient (Wildman–Crippen LogP) is 2.12. The third kappa shape index (κ3) is 3.09. The highest BCUT2D eigenvalue weighted by Crippen LogP contribution is 2.36. The molecule has 2 aromatic carbocycles. The van der Waals surface area contributed by atoms with Gasteiger partial charge in [-0.25, -0.2) is 0 Å². The maximum Gasteiger partial charge on any atom is 0.122 e. The molecule has 3 N–H and O–H groups in total. The first kappa shape index (κ1) is 15.3. The number of hydrogen-bond acceptors (Lipinski definition) is 4. The zero-order valence-corrected chi connectivity index (χ0v) is 13.0. The summed E-state index contributed by atoms with van der Waals surface area (Å²) in [6.45, 7) is 6.92. The van der Waals surface area contributed by atoms with Crippen molar-refractivity contribution >= 4 is 10.8 Å². The molecule has 22 heavy (non-hydrogen) atoms. The molecule has 4 heteroatoms. The molecule has 1 aliphatic heterocycles. The molecule has 0 amide bonds. The number of hydrogen-bond donors (Lipinski definition) is 3. The van der Waals surface area contributed by atoms with Crippen LogP contribution >= 0.6 is 0 Å². The van der Waals surface area contributed by atoms with E-state index in [1.54, 1.807) is 6.07 Å². The van der Waals surface area contributed by atoms with Crippen LogP contribution in [-0.2, 0) is 0 Å². The number of benzene rings is 2. The summed E-state index contributed by atoms with van der Waals surface area (Å²) in [5.41, 5.74) is 0.653. The molecule has 4 nitrogen and oxygen atoms in total. The Labute approximate surface area is 131 Å². The van der Waals surface area contributed by atoms with Crippen LogP contribution in [0.15, 0.2) is 36.4 Å². The summed E-state index contributed by atoms with van der Waals surface area (Å²) in [6, 6.07) is 11.5. The Bertz CT molecular complexity index is 638. The quantitative estimate of drug-likeness (QED) is 0.809. The van der Waals surface area contributed by atoms with Crippen molar-refractivity contribution in [1.29, 1.82) is 0 Å². The van der Waals surface area contributed by atoms with E-state index in [1.807, 2.05) is 37.3 Å². The van der Waals surface area contributed by atoms with Gasteiger partial charge in [-0.1, -0.05) is 37.3 Å². The second-order valence-corrected chi connectivity index (χ2v) is 6.19. The number of nitrogens with zero attached hydrogens (tertiary/aromatic N) is 1. The van der Waals surface area contributed by atoms with E-state index >= 15 is 0 Å². The summed E-state index contributed by atoms with van der Waals surface area (Å²) in [5, 5.41) is 26.4. The van der Waals surface area contributed by atoms with Gasteiger partial charge in [0.15, 0.2) is 0 Å². The van der Waals surface area contributed by atoms with Crippen LogP contribution in [0, 0.1) is 5.92 Å². The average molecular weight is 300 g/mol. The molecule has 1 heterocycles. The van der Waals surface area contributed by atoms with E-state index in [-0.39, 0.29) is 11.7 Å². The fourth-order valence-electron chi connectivity index (χ4n) is 3.28. The summed E-state index contributed by atoms with van der Waals surface area (Å²) < 4.78 is 0. The minimum Gasteiger partial charge on any atom is -0.508 e.